The Kier molecular flexibility index (Phi) is 3.28. The second-order valence-electron chi connectivity index (χ2n) is 3.51. The van der Waals surface area contributed by atoms with E-state index in [1.54, 1.807) is 6.07 Å². The van der Waals surface area contributed by atoms with E-state index >= 15 is 0 Å². The molecule has 0 N–H and O–H groups in total. The highest BCUT2D eigenvalue weighted by Gasteiger charge is 2.23. The third kappa shape index (κ3) is 2.11. The molecule has 0 amide bonds. The Labute approximate surface area is 98.0 Å². The van der Waals surface area contributed by atoms with Crippen LogP contribution in [0.3, 0.4) is 0 Å². The minimum Gasteiger partial charge on any atom is -0.376 e. The maximum absolute atomic E-state index is 13.0. The Morgan fingerprint density at radius 2 is 2.38 bits per heavy atom. The van der Waals surface area contributed by atoms with Crippen molar-refractivity contribution in [2.24, 2.45) is 0 Å². The summed E-state index contributed by atoms with van der Waals surface area (Å²) in [7, 11) is 0. The van der Waals surface area contributed by atoms with Crippen LogP contribution in [0.1, 0.15) is 0 Å². The van der Waals surface area contributed by atoms with Crippen LogP contribution < -0.4 is 4.90 Å². The molecular formula is C11H10ClFN2O. The van der Waals surface area contributed by atoms with Crippen molar-refractivity contribution in [1.82, 2.24) is 0 Å². The number of anilines is 1. The summed E-state index contributed by atoms with van der Waals surface area (Å²) < 4.78 is 18.2. The van der Waals surface area contributed by atoms with E-state index in [0.717, 1.165) is 5.69 Å². The largest absolute Gasteiger partial charge is 0.376 e. The number of rotatable bonds is 1. The minimum absolute atomic E-state index is 0.0701. The Balaban J connectivity index is 2.28. The van der Waals surface area contributed by atoms with Crippen LogP contribution >= 0.6 is 11.6 Å². The summed E-state index contributed by atoms with van der Waals surface area (Å²) in [6, 6.07) is 6.28. The standard InChI is InChI=1S/C11H10ClFN2O/c12-10-5-8(1-2-11(10)13)15-3-4-16-7-9(15)6-14/h1-2,5,9H,3-4,7H2. The van der Waals surface area contributed by atoms with Gasteiger partial charge in [0.1, 0.15) is 11.9 Å². The van der Waals surface area contributed by atoms with Crippen LogP contribution in [0.25, 0.3) is 0 Å². The summed E-state index contributed by atoms with van der Waals surface area (Å²) in [5, 5.41) is 9.04. The molecule has 5 heteroatoms. The molecule has 0 aliphatic carbocycles. The topological polar surface area (TPSA) is 36.3 Å². The molecule has 16 heavy (non-hydrogen) atoms. The molecule has 1 heterocycles. The first-order chi connectivity index (χ1) is 7.72. The van der Waals surface area contributed by atoms with E-state index < -0.39 is 5.82 Å². The van der Waals surface area contributed by atoms with E-state index in [9.17, 15) is 4.39 Å². The van der Waals surface area contributed by atoms with Gasteiger partial charge in [-0.15, -0.1) is 0 Å². The smallest absolute Gasteiger partial charge is 0.141 e. The average Bonchev–Trinajstić information content (AvgIpc) is 2.32. The van der Waals surface area contributed by atoms with Gasteiger partial charge in [-0.05, 0) is 18.2 Å². The Bertz CT molecular complexity index is 432. The van der Waals surface area contributed by atoms with Gasteiger partial charge in [-0.3, -0.25) is 0 Å². The molecule has 1 aromatic carbocycles. The van der Waals surface area contributed by atoms with Crippen molar-refractivity contribution in [2.75, 3.05) is 24.7 Å². The Morgan fingerprint density at radius 3 is 3.06 bits per heavy atom. The van der Waals surface area contributed by atoms with Gasteiger partial charge in [0.15, 0.2) is 0 Å². The van der Waals surface area contributed by atoms with Crippen LogP contribution in [0, 0.1) is 17.1 Å². The van der Waals surface area contributed by atoms with Gasteiger partial charge in [-0.25, -0.2) is 4.39 Å². The van der Waals surface area contributed by atoms with E-state index in [-0.39, 0.29) is 11.1 Å². The molecule has 0 aromatic heterocycles. The maximum Gasteiger partial charge on any atom is 0.141 e. The zero-order chi connectivity index (χ0) is 11.5. The van der Waals surface area contributed by atoms with Gasteiger partial charge in [-0.1, -0.05) is 11.6 Å². The summed E-state index contributed by atoms with van der Waals surface area (Å²) >= 11 is 5.71. The van der Waals surface area contributed by atoms with E-state index in [2.05, 4.69) is 6.07 Å². The van der Waals surface area contributed by atoms with Crippen molar-refractivity contribution in [3.05, 3.63) is 29.0 Å². The first-order valence-corrected chi connectivity index (χ1v) is 5.29. The summed E-state index contributed by atoms with van der Waals surface area (Å²) in [6.45, 7) is 1.54. The number of halogens is 2. The van der Waals surface area contributed by atoms with E-state index in [1.165, 1.54) is 12.1 Å². The van der Waals surface area contributed by atoms with Gasteiger partial charge in [-0.2, -0.15) is 5.26 Å². The van der Waals surface area contributed by atoms with Crippen LogP contribution in [-0.4, -0.2) is 25.8 Å². The number of nitriles is 1. The molecule has 0 radical (unpaired) electrons. The van der Waals surface area contributed by atoms with Gasteiger partial charge >= 0.3 is 0 Å². The average molecular weight is 241 g/mol. The van der Waals surface area contributed by atoms with Crippen molar-refractivity contribution >= 4 is 17.3 Å². The fraction of sp³-hybridized carbons (Fsp3) is 0.364. The van der Waals surface area contributed by atoms with Crippen molar-refractivity contribution in [2.45, 2.75) is 6.04 Å². The third-order valence-electron chi connectivity index (χ3n) is 2.51. The van der Waals surface area contributed by atoms with Crippen LogP contribution in [0.15, 0.2) is 18.2 Å². The van der Waals surface area contributed by atoms with Crippen molar-refractivity contribution in [3.63, 3.8) is 0 Å². The molecular weight excluding hydrogens is 231 g/mol. The fourth-order valence-electron chi connectivity index (χ4n) is 1.68. The minimum atomic E-state index is -0.452. The molecule has 2 rings (SSSR count). The van der Waals surface area contributed by atoms with E-state index in [0.29, 0.717) is 19.8 Å². The number of hydrogen-bond donors (Lipinski definition) is 0. The predicted molar refractivity (Wildman–Crippen MR) is 59.0 cm³/mol. The van der Waals surface area contributed by atoms with Crippen LogP contribution in [0.4, 0.5) is 10.1 Å². The monoisotopic (exact) mass is 240 g/mol. The molecule has 1 unspecified atom stereocenters. The Hall–Kier alpha value is -1.31. The second kappa shape index (κ2) is 4.69. The van der Waals surface area contributed by atoms with Gasteiger partial charge in [0, 0.05) is 12.2 Å². The molecule has 3 nitrogen and oxygen atoms in total. The Morgan fingerprint density at radius 1 is 1.56 bits per heavy atom. The summed E-state index contributed by atoms with van der Waals surface area (Å²) in [5.74, 6) is -0.452. The molecule has 84 valence electrons. The molecule has 1 saturated heterocycles. The number of hydrogen-bond acceptors (Lipinski definition) is 3. The van der Waals surface area contributed by atoms with Crippen molar-refractivity contribution < 1.29 is 9.13 Å². The lowest BCUT2D eigenvalue weighted by molar-refractivity contribution is 0.107. The SMILES string of the molecule is N#CC1COCCN1c1ccc(F)c(Cl)c1. The number of nitrogens with zero attached hydrogens (tertiary/aromatic N) is 2. The summed E-state index contributed by atoms with van der Waals surface area (Å²) in [6.07, 6.45) is 0. The van der Waals surface area contributed by atoms with Crippen LogP contribution in [0.5, 0.6) is 0 Å². The molecule has 0 saturated carbocycles. The first kappa shape index (κ1) is 11.2. The van der Waals surface area contributed by atoms with Crippen molar-refractivity contribution in [1.29, 1.82) is 5.26 Å². The highest BCUT2D eigenvalue weighted by atomic mass is 35.5. The molecule has 1 aliphatic rings. The first-order valence-electron chi connectivity index (χ1n) is 4.91. The summed E-state index contributed by atoms with van der Waals surface area (Å²) in [4.78, 5) is 1.87. The van der Waals surface area contributed by atoms with E-state index in [4.69, 9.17) is 21.6 Å². The van der Waals surface area contributed by atoms with Crippen molar-refractivity contribution in [3.8, 4) is 6.07 Å². The number of morpholine rings is 1. The lowest BCUT2D eigenvalue weighted by Crippen LogP contribution is -2.44. The molecule has 0 spiro atoms. The highest BCUT2D eigenvalue weighted by Crippen LogP contribution is 2.25. The molecule has 1 aromatic rings. The summed E-state index contributed by atoms with van der Waals surface area (Å²) in [5.41, 5.74) is 0.751. The van der Waals surface area contributed by atoms with Gasteiger partial charge in [0.25, 0.3) is 0 Å². The number of ether oxygens (including phenoxy) is 1. The quantitative estimate of drug-likeness (QED) is 0.755. The lowest BCUT2D eigenvalue weighted by Gasteiger charge is -2.33. The predicted octanol–water partition coefficient (Wildman–Crippen LogP) is 2.21. The molecule has 1 atom stereocenters. The second-order valence-corrected chi connectivity index (χ2v) is 3.92. The molecule has 0 bridgehead atoms. The van der Waals surface area contributed by atoms with Gasteiger partial charge in [0.05, 0.1) is 24.3 Å². The van der Waals surface area contributed by atoms with Gasteiger partial charge < -0.3 is 9.64 Å². The maximum atomic E-state index is 13.0. The molecule has 1 fully saturated rings. The molecule has 1 aliphatic heterocycles. The van der Waals surface area contributed by atoms with E-state index in [1.807, 2.05) is 4.90 Å². The third-order valence-corrected chi connectivity index (χ3v) is 2.80. The van der Waals surface area contributed by atoms with Crippen LogP contribution in [0.2, 0.25) is 5.02 Å². The highest BCUT2D eigenvalue weighted by molar-refractivity contribution is 6.31. The lowest BCUT2D eigenvalue weighted by atomic mass is 10.2. The normalized spacial score (nSPS) is 20.6. The van der Waals surface area contributed by atoms with Crippen LogP contribution in [-0.2, 0) is 4.74 Å². The zero-order valence-electron chi connectivity index (χ0n) is 8.49. The zero-order valence-corrected chi connectivity index (χ0v) is 9.25. The fourth-order valence-corrected chi connectivity index (χ4v) is 1.86. The van der Waals surface area contributed by atoms with Gasteiger partial charge in [0.2, 0.25) is 0 Å². The number of benzene rings is 1.